The summed E-state index contributed by atoms with van der Waals surface area (Å²) >= 11 is 0. The number of rotatable bonds is 5. The predicted octanol–water partition coefficient (Wildman–Crippen LogP) is 3.93. The fourth-order valence-corrected chi connectivity index (χ4v) is 1.94. The van der Waals surface area contributed by atoms with E-state index in [1.807, 2.05) is 32.0 Å². The third-order valence-corrected chi connectivity index (χ3v) is 2.93. The van der Waals surface area contributed by atoms with E-state index in [4.69, 9.17) is 4.74 Å². The smallest absolute Gasteiger partial charge is 0.125 e. The lowest BCUT2D eigenvalue weighted by molar-refractivity contribution is 0.328. The Morgan fingerprint density at radius 2 is 1.63 bits per heavy atom. The maximum atomic E-state index is 12.7. The fourth-order valence-electron chi connectivity index (χ4n) is 1.94. The van der Waals surface area contributed by atoms with Gasteiger partial charge < -0.3 is 10.1 Å². The first kappa shape index (κ1) is 13.4. The van der Waals surface area contributed by atoms with E-state index in [-0.39, 0.29) is 5.82 Å². The van der Waals surface area contributed by atoms with Crippen LogP contribution in [-0.4, -0.2) is 13.2 Å². The Bertz CT molecular complexity index is 517. The number of anilines is 1. The zero-order chi connectivity index (χ0) is 13.7. The molecule has 0 spiro atoms. The lowest BCUT2D eigenvalue weighted by atomic mass is 10.1. The molecule has 19 heavy (non-hydrogen) atoms. The van der Waals surface area contributed by atoms with Crippen LogP contribution in [0.15, 0.2) is 42.5 Å². The zero-order valence-corrected chi connectivity index (χ0v) is 11.2. The molecule has 0 radical (unpaired) electrons. The van der Waals surface area contributed by atoms with Gasteiger partial charge in [-0.25, -0.2) is 4.39 Å². The van der Waals surface area contributed by atoms with E-state index in [2.05, 4.69) is 5.32 Å². The lowest BCUT2D eigenvalue weighted by Gasteiger charge is -2.12. The summed E-state index contributed by atoms with van der Waals surface area (Å²) in [7, 11) is 0. The molecule has 0 bridgehead atoms. The highest BCUT2D eigenvalue weighted by Gasteiger charge is 2.02. The monoisotopic (exact) mass is 259 g/mol. The molecule has 0 heterocycles. The van der Waals surface area contributed by atoms with E-state index in [0.29, 0.717) is 13.2 Å². The molecule has 2 rings (SSSR count). The third-order valence-electron chi connectivity index (χ3n) is 2.93. The predicted molar refractivity (Wildman–Crippen MR) is 76.3 cm³/mol. The maximum absolute atomic E-state index is 12.7. The molecule has 0 aliphatic carbocycles. The Labute approximate surface area is 113 Å². The first-order valence-electron chi connectivity index (χ1n) is 6.35. The molecule has 1 N–H and O–H groups in total. The molecule has 0 aromatic heterocycles. The largest absolute Gasteiger partial charge is 0.491 e. The van der Waals surface area contributed by atoms with Crippen molar-refractivity contribution in [2.75, 3.05) is 18.5 Å². The normalized spacial score (nSPS) is 10.3. The second-order valence-electron chi connectivity index (χ2n) is 4.50. The molecule has 100 valence electrons. The summed E-state index contributed by atoms with van der Waals surface area (Å²) in [4.78, 5) is 0. The minimum atomic E-state index is -0.225. The number of benzene rings is 2. The number of hydrogen-bond donors (Lipinski definition) is 1. The minimum absolute atomic E-state index is 0.225. The quantitative estimate of drug-likeness (QED) is 0.821. The Morgan fingerprint density at radius 1 is 1.00 bits per heavy atom. The Hall–Kier alpha value is -2.03. The Kier molecular flexibility index (Phi) is 4.39. The molecule has 0 amide bonds. The average Bonchev–Trinajstić information content (AvgIpc) is 2.39. The van der Waals surface area contributed by atoms with Crippen LogP contribution < -0.4 is 10.1 Å². The van der Waals surface area contributed by atoms with E-state index < -0.39 is 0 Å². The van der Waals surface area contributed by atoms with Gasteiger partial charge in [-0.2, -0.15) is 0 Å². The van der Waals surface area contributed by atoms with Gasteiger partial charge in [0.2, 0.25) is 0 Å². The van der Waals surface area contributed by atoms with Crippen molar-refractivity contribution in [2.24, 2.45) is 0 Å². The van der Waals surface area contributed by atoms with Crippen LogP contribution in [0.3, 0.4) is 0 Å². The molecule has 0 aliphatic rings. The van der Waals surface area contributed by atoms with Gasteiger partial charge in [0.15, 0.2) is 0 Å². The lowest BCUT2D eigenvalue weighted by Crippen LogP contribution is -2.12. The first-order valence-corrected chi connectivity index (χ1v) is 6.35. The van der Waals surface area contributed by atoms with Crippen molar-refractivity contribution in [3.63, 3.8) is 0 Å². The van der Waals surface area contributed by atoms with Crippen LogP contribution in [-0.2, 0) is 0 Å². The summed E-state index contributed by atoms with van der Waals surface area (Å²) in [5, 5.41) is 3.19. The van der Waals surface area contributed by atoms with Crippen LogP contribution in [0.25, 0.3) is 0 Å². The van der Waals surface area contributed by atoms with E-state index in [0.717, 1.165) is 22.6 Å². The third kappa shape index (κ3) is 3.71. The molecule has 0 saturated carbocycles. The molecule has 0 saturated heterocycles. The van der Waals surface area contributed by atoms with Crippen LogP contribution in [0.4, 0.5) is 10.1 Å². The number of ether oxygens (including phenoxy) is 1. The molecule has 0 atom stereocenters. The average molecular weight is 259 g/mol. The van der Waals surface area contributed by atoms with Crippen molar-refractivity contribution in [1.29, 1.82) is 0 Å². The maximum Gasteiger partial charge on any atom is 0.125 e. The van der Waals surface area contributed by atoms with E-state index in [1.165, 1.54) is 12.1 Å². The van der Waals surface area contributed by atoms with Crippen molar-refractivity contribution in [3.05, 3.63) is 59.4 Å². The highest BCUT2D eigenvalue weighted by molar-refractivity contribution is 5.43. The molecule has 0 fully saturated rings. The Morgan fingerprint density at radius 3 is 2.26 bits per heavy atom. The molecule has 2 aromatic carbocycles. The van der Waals surface area contributed by atoms with Gasteiger partial charge in [-0.05, 0) is 49.2 Å². The van der Waals surface area contributed by atoms with Crippen LogP contribution in [0, 0.1) is 19.7 Å². The standard InChI is InChI=1S/C16H18FNO/c1-12-4-3-5-13(2)16(12)19-11-10-18-15-8-6-14(17)7-9-15/h3-9,18H,10-11H2,1-2H3. The molecule has 2 aromatic rings. The number of hydrogen-bond acceptors (Lipinski definition) is 2. The molecule has 3 heteroatoms. The molecule has 2 nitrogen and oxygen atoms in total. The highest BCUT2D eigenvalue weighted by atomic mass is 19.1. The van der Waals surface area contributed by atoms with Gasteiger partial charge in [-0.1, -0.05) is 18.2 Å². The van der Waals surface area contributed by atoms with Gasteiger partial charge in [0.1, 0.15) is 18.2 Å². The summed E-state index contributed by atoms with van der Waals surface area (Å²) in [6, 6.07) is 12.4. The second-order valence-corrected chi connectivity index (χ2v) is 4.50. The fraction of sp³-hybridized carbons (Fsp3) is 0.250. The van der Waals surface area contributed by atoms with Crippen molar-refractivity contribution < 1.29 is 9.13 Å². The van der Waals surface area contributed by atoms with E-state index >= 15 is 0 Å². The number of para-hydroxylation sites is 1. The van der Waals surface area contributed by atoms with E-state index in [9.17, 15) is 4.39 Å². The summed E-state index contributed by atoms with van der Waals surface area (Å²) in [5.74, 6) is 0.723. The van der Waals surface area contributed by atoms with Gasteiger partial charge in [0.05, 0.1) is 0 Å². The van der Waals surface area contributed by atoms with Crippen molar-refractivity contribution >= 4 is 5.69 Å². The number of halogens is 1. The summed E-state index contributed by atoms with van der Waals surface area (Å²) in [6.45, 7) is 5.33. The van der Waals surface area contributed by atoms with Crippen LogP contribution in [0.2, 0.25) is 0 Å². The molecule has 0 unspecified atom stereocenters. The van der Waals surface area contributed by atoms with Crippen molar-refractivity contribution in [3.8, 4) is 5.75 Å². The SMILES string of the molecule is Cc1cccc(C)c1OCCNc1ccc(F)cc1. The van der Waals surface area contributed by atoms with Crippen molar-refractivity contribution in [2.45, 2.75) is 13.8 Å². The first-order chi connectivity index (χ1) is 9.16. The summed E-state index contributed by atoms with van der Waals surface area (Å²) in [5.41, 5.74) is 3.18. The molecular formula is C16H18FNO. The van der Waals surface area contributed by atoms with Crippen LogP contribution >= 0.6 is 0 Å². The van der Waals surface area contributed by atoms with Gasteiger partial charge in [0, 0.05) is 12.2 Å². The summed E-state index contributed by atoms with van der Waals surface area (Å²) in [6.07, 6.45) is 0. The number of nitrogens with one attached hydrogen (secondary N) is 1. The van der Waals surface area contributed by atoms with Gasteiger partial charge >= 0.3 is 0 Å². The minimum Gasteiger partial charge on any atom is -0.491 e. The Balaban J connectivity index is 1.82. The number of aryl methyl sites for hydroxylation is 2. The highest BCUT2D eigenvalue weighted by Crippen LogP contribution is 2.22. The molecular weight excluding hydrogens is 241 g/mol. The van der Waals surface area contributed by atoms with Crippen LogP contribution in [0.5, 0.6) is 5.75 Å². The van der Waals surface area contributed by atoms with Gasteiger partial charge in [-0.15, -0.1) is 0 Å². The second kappa shape index (κ2) is 6.23. The molecule has 0 aliphatic heterocycles. The van der Waals surface area contributed by atoms with Gasteiger partial charge in [-0.3, -0.25) is 0 Å². The van der Waals surface area contributed by atoms with E-state index in [1.54, 1.807) is 12.1 Å². The summed E-state index contributed by atoms with van der Waals surface area (Å²) < 4.78 is 18.5. The van der Waals surface area contributed by atoms with Crippen LogP contribution in [0.1, 0.15) is 11.1 Å². The van der Waals surface area contributed by atoms with Gasteiger partial charge in [0.25, 0.3) is 0 Å². The topological polar surface area (TPSA) is 21.3 Å². The zero-order valence-electron chi connectivity index (χ0n) is 11.2. The van der Waals surface area contributed by atoms with Crippen molar-refractivity contribution in [1.82, 2.24) is 0 Å².